The Morgan fingerprint density at radius 1 is 1.50 bits per heavy atom. The third-order valence-corrected chi connectivity index (χ3v) is 2.62. The van der Waals surface area contributed by atoms with Crippen LogP contribution in [0.2, 0.25) is 0 Å². The molecule has 56 valence electrons. The van der Waals surface area contributed by atoms with E-state index in [0.717, 1.165) is 12.8 Å². The van der Waals surface area contributed by atoms with Crippen molar-refractivity contribution in [3.8, 4) is 0 Å². The molecule has 2 rings (SSSR count). The van der Waals surface area contributed by atoms with Crippen LogP contribution in [-0.4, -0.2) is 18.0 Å². The summed E-state index contributed by atoms with van der Waals surface area (Å²) < 4.78 is 0. The average molecular weight is 140 g/mol. The van der Waals surface area contributed by atoms with Crippen LogP contribution in [0.25, 0.3) is 0 Å². The molecule has 1 amide bonds. The second-order valence-electron chi connectivity index (χ2n) is 3.30. The molecule has 1 saturated heterocycles. The summed E-state index contributed by atoms with van der Waals surface area (Å²) in [5.74, 6) is 0.729. The lowest BCUT2D eigenvalue weighted by Crippen LogP contribution is -2.40. The number of nitrogens with one attached hydrogen (secondary N) is 1. The highest BCUT2D eigenvalue weighted by atomic mass is 16.2. The van der Waals surface area contributed by atoms with Gasteiger partial charge in [-0.2, -0.15) is 0 Å². The normalized spacial score (nSPS) is 45.3. The molecule has 3 unspecified atom stereocenters. The minimum absolute atomic E-state index is 0.185. The van der Waals surface area contributed by atoms with Crippen molar-refractivity contribution in [2.45, 2.75) is 31.3 Å². The van der Waals surface area contributed by atoms with E-state index >= 15 is 0 Å². The smallest absolute Gasteiger partial charge is 0.220 e. The zero-order valence-electron chi connectivity index (χ0n) is 5.84. The Balaban J connectivity index is 2.12. The van der Waals surface area contributed by atoms with Gasteiger partial charge in [-0.1, -0.05) is 0 Å². The predicted molar refractivity (Wildman–Crippen MR) is 37.2 cm³/mol. The minimum atomic E-state index is 0.185. The number of carbonyl (C=O) groups excluding carboxylic acids is 1. The maximum Gasteiger partial charge on any atom is 0.220 e. The third-order valence-electron chi connectivity index (χ3n) is 2.62. The fourth-order valence-electron chi connectivity index (χ4n) is 2.05. The number of hydrogen-bond acceptors (Lipinski definition) is 2. The fraction of sp³-hybridized carbons (Fsp3) is 0.857. The van der Waals surface area contributed by atoms with E-state index in [0.29, 0.717) is 18.4 Å². The van der Waals surface area contributed by atoms with E-state index in [4.69, 9.17) is 5.73 Å². The van der Waals surface area contributed by atoms with Gasteiger partial charge in [0.1, 0.15) is 0 Å². The van der Waals surface area contributed by atoms with Gasteiger partial charge in [0, 0.05) is 18.5 Å². The summed E-state index contributed by atoms with van der Waals surface area (Å²) in [5, 5.41) is 2.90. The van der Waals surface area contributed by atoms with E-state index in [2.05, 4.69) is 5.32 Å². The van der Waals surface area contributed by atoms with Crippen molar-refractivity contribution in [1.82, 2.24) is 5.32 Å². The van der Waals surface area contributed by atoms with E-state index in [1.165, 1.54) is 0 Å². The number of fused-ring (bicyclic) bond motifs is 1. The van der Waals surface area contributed by atoms with Gasteiger partial charge in [-0.25, -0.2) is 0 Å². The maximum absolute atomic E-state index is 10.8. The van der Waals surface area contributed by atoms with E-state index in [1.54, 1.807) is 0 Å². The van der Waals surface area contributed by atoms with Crippen LogP contribution in [0.15, 0.2) is 0 Å². The van der Waals surface area contributed by atoms with Crippen LogP contribution in [-0.2, 0) is 4.79 Å². The van der Waals surface area contributed by atoms with Crippen LogP contribution in [0.4, 0.5) is 0 Å². The molecule has 2 fully saturated rings. The molecule has 2 aliphatic rings. The highest BCUT2D eigenvalue weighted by molar-refractivity contribution is 5.79. The molecule has 1 aliphatic carbocycles. The van der Waals surface area contributed by atoms with Crippen molar-refractivity contribution in [2.24, 2.45) is 11.7 Å². The Bertz CT molecular complexity index is 169. The molecule has 3 nitrogen and oxygen atoms in total. The van der Waals surface area contributed by atoms with Crippen LogP contribution in [0.1, 0.15) is 19.3 Å². The monoisotopic (exact) mass is 140 g/mol. The van der Waals surface area contributed by atoms with Crippen LogP contribution < -0.4 is 11.1 Å². The largest absolute Gasteiger partial charge is 0.352 e. The molecule has 0 aromatic rings. The van der Waals surface area contributed by atoms with E-state index < -0.39 is 0 Å². The van der Waals surface area contributed by atoms with Crippen molar-refractivity contribution in [3.63, 3.8) is 0 Å². The molecule has 0 bridgehead atoms. The van der Waals surface area contributed by atoms with Crippen LogP contribution in [0, 0.1) is 5.92 Å². The Kier molecular flexibility index (Phi) is 1.20. The Morgan fingerprint density at radius 3 is 3.00 bits per heavy atom. The van der Waals surface area contributed by atoms with Crippen LogP contribution >= 0.6 is 0 Å². The van der Waals surface area contributed by atoms with Crippen molar-refractivity contribution in [1.29, 1.82) is 0 Å². The van der Waals surface area contributed by atoms with Crippen molar-refractivity contribution >= 4 is 5.91 Å². The molecular formula is C7H12N2O. The standard InChI is InChI=1S/C7H12N2O/c8-5-2-1-4-3-6(10)9-7(4)5/h4-5,7H,1-3,8H2,(H,9,10). The topological polar surface area (TPSA) is 55.1 Å². The van der Waals surface area contributed by atoms with Gasteiger partial charge in [0.15, 0.2) is 0 Å². The number of amides is 1. The summed E-state index contributed by atoms with van der Waals surface area (Å²) in [6.07, 6.45) is 2.92. The highest BCUT2D eigenvalue weighted by Gasteiger charge is 2.40. The second kappa shape index (κ2) is 1.95. The van der Waals surface area contributed by atoms with Gasteiger partial charge in [-0.3, -0.25) is 4.79 Å². The van der Waals surface area contributed by atoms with Gasteiger partial charge in [0.25, 0.3) is 0 Å². The highest BCUT2D eigenvalue weighted by Crippen LogP contribution is 2.31. The van der Waals surface area contributed by atoms with Gasteiger partial charge in [0.05, 0.1) is 0 Å². The lowest BCUT2D eigenvalue weighted by molar-refractivity contribution is -0.119. The molecule has 1 aliphatic heterocycles. The fourth-order valence-corrected chi connectivity index (χ4v) is 2.05. The van der Waals surface area contributed by atoms with Gasteiger partial charge < -0.3 is 11.1 Å². The number of rotatable bonds is 0. The first-order chi connectivity index (χ1) is 4.77. The Labute approximate surface area is 60.0 Å². The zero-order chi connectivity index (χ0) is 7.14. The average Bonchev–Trinajstić information content (AvgIpc) is 2.35. The summed E-state index contributed by atoms with van der Waals surface area (Å²) in [7, 11) is 0. The SMILES string of the molecule is NC1CCC2CC(=O)NC12. The van der Waals surface area contributed by atoms with Crippen molar-refractivity contribution in [3.05, 3.63) is 0 Å². The van der Waals surface area contributed by atoms with Gasteiger partial charge >= 0.3 is 0 Å². The molecule has 0 aromatic carbocycles. The molecule has 0 spiro atoms. The number of carbonyl (C=O) groups is 1. The second-order valence-corrected chi connectivity index (χ2v) is 3.30. The lowest BCUT2D eigenvalue weighted by Gasteiger charge is -2.12. The number of hydrogen-bond donors (Lipinski definition) is 2. The Morgan fingerprint density at radius 2 is 2.30 bits per heavy atom. The lowest BCUT2D eigenvalue weighted by atomic mass is 10.0. The molecule has 1 saturated carbocycles. The summed E-state index contributed by atoms with van der Waals surface area (Å²) in [6, 6.07) is 0.518. The predicted octanol–water partition coefficient (Wildman–Crippen LogP) is -0.388. The molecule has 3 N–H and O–H groups in total. The van der Waals surface area contributed by atoms with Crippen LogP contribution in [0.3, 0.4) is 0 Å². The molecule has 1 heterocycles. The first kappa shape index (κ1) is 6.16. The molecular weight excluding hydrogens is 128 g/mol. The first-order valence-electron chi connectivity index (χ1n) is 3.82. The van der Waals surface area contributed by atoms with Crippen LogP contribution in [0.5, 0.6) is 0 Å². The minimum Gasteiger partial charge on any atom is -0.352 e. The quantitative estimate of drug-likeness (QED) is 0.481. The molecule has 3 heteroatoms. The van der Waals surface area contributed by atoms with E-state index in [9.17, 15) is 4.79 Å². The van der Waals surface area contributed by atoms with Gasteiger partial charge in [0.2, 0.25) is 5.91 Å². The summed E-state index contributed by atoms with van der Waals surface area (Å²) >= 11 is 0. The molecule has 0 radical (unpaired) electrons. The maximum atomic E-state index is 10.8. The summed E-state index contributed by atoms with van der Waals surface area (Å²) in [6.45, 7) is 0. The zero-order valence-corrected chi connectivity index (χ0v) is 5.84. The van der Waals surface area contributed by atoms with Gasteiger partial charge in [-0.05, 0) is 18.8 Å². The van der Waals surface area contributed by atoms with Crippen molar-refractivity contribution in [2.75, 3.05) is 0 Å². The van der Waals surface area contributed by atoms with Crippen molar-refractivity contribution < 1.29 is 4.79 Å². The molecule has 10 heavy (non-hydrogen) atoms. The van der Waals surface area contributed by atoms with E-state index in [1.807, 2.05) is 0 Å². The molecule has 0 aromatic heterocycles. The number of nitrogens with two attached hydrogens (primary N) is 1. The van der Waals surface area contributed by atoms with E-state index in [-0.39, 0.29) is 11.9 Å². The summed E-state index contributed by atoms with van der Waals surface area (Å²) in [5.41, 5.74) is 5.77. The Hall–Kier alpha value is -0.570. The molecule has 3 atom stereocenters. The summed E-state index contributed by atoms with van der Waals surface area (Å²) in [4.78, 5) is 10.8. The first-order valence-corrected chi connectivity index (χ1v) is 3.82. The van der Waals surface area contributed by atoms with Gasteiger partial charge in [-0.15, -0.1) is 0 Å². The third kappa shape index (κ3) is 0.736.